The third-order valence-electron chi connectivity index (χ3n) is 16.7. The van der Waals surface area contributed by atoms with E-state index in [1.165, 1.54) is 5.57 Å². The largest absolute Gasteiger partial charge is 0.495 e. The average Bonchev–Trinajstić information content (AvgIpc) is 3.54. The van der Waals surface area contributed by atoms with Gasteiger partial charge in [0.25, 0.3) is 5.56 Å². The molecule has 0 N–H and O–H groups in total. The summed E-state index contributed by atoms with van der Waals surface area (Å²) in [5.41, 5.74) is 2.50. The molecule has 7 rings (SSSR count). The minimum Gasteiger partial charge on any atom is -0.495 e. The van der Waals surface area contributed by atoms with Gasteiger partial charge in [0.2, 0.25) is 0 Å². The Bertz CT molecular complexity index is 2000. The van der Waals surface area contributed by atoms with Gasteiger partial charge in [0.1, 0.15) is 18.1 Å². The number of methoxy groups -OCH3 is 1. The summed E-state index contributed by atoms with van der Waals surface area (Å²) < 4.78 is 15.3. The molecule has 5 aliphatic rings. The molecule has 9 heteroatoms. The van der Waals surface area contributed by atoms with Crippen molar-refractivity contribution in [2.45, 2.75) is 145 Å². The number of fused-ring (bicyclic) bond motifs is 7. The average molecular weight is 756 g/mol. The predicted molar refractivity (Wildman–Crippen MR) is 213 cm³/mol. The number of esters is 1. The molecule has 4 fully saturated rings. The van der Waals surface area contributed by atoms with Gasteiger partial charge in [0.15, 0.2) is 11.6 Å². The molecular weight excluding hydrogens is 691 g/mol. The molecule has 8 atom stereocenters. The van der Waals surface area contributed by atoms with E-state index in [-0.39, 0.29) is 63.3 Å². The lowest BCUT2D eigenvalue weighted by atomic mass is 9.33. The molecule has 0 spiro atoms. The zero-order valence-corrected chi connectivity index (χ0v) is 35.6. The van der Waals surface area contributed by atoms with Gasteiger partial charge >= 0.3 is 5.97 Å². The van der Waals surface area contributed by atoms with Gasteiger partial charge in [-0.15, -0.1) is 0 Å². The van der Waals surface area contributed by atoms with Gasteiger partial charge in [-0.1, -0.05) is 62.3 Å². The van der Waals surface area contributed by atoms with Crippen molar-refractivity contribution in [3.05, 3.63) is 51.1 Å². The summed E-state index contributed by atoms with van der Waals surface area (Å²) in [4.78, 5) is 57.9. The lowest BCUT2D eigenvalue weighted by Crippen LogP contribution is -2.66. The molecule has 0 bridgehead atoms. The fourth-order valence-corrected chi connectivity index (χ4v) is 14.0. The van der Waals surface area contributed by atoms with Crippen LogP contribution < -0.4 is 10.3 Å². The summed E-state index contributed by atoms with van der Waals surface area (Å²) in [5, 5.41) is 0. The van der Waals surface area contributed by atoms with E-state index in [1.54, 1.807) is 31.8 Å². The number of rotatable bonds is 8. The topological polar surface area (TPSA) is 109 Å². The zero-order valence-electron chi connectivity index (χ0n) is 35.6. The molecule has 4 saturated carbocycles. The van der Waals surface area contributed by atoms with E-state index in [0.717, 1.165) is 68.9 Å². The number of pyridine rings is 1. The Balaban J connectivity index is 1.26. The van der Waals surface area contributed by atoms with Crippen molar-refractivity contribution in [2.75, 3.05) is 7.11 Å². The van der Waals surface area contributed by atoms with Gasteiger partial charge in [-0.25, -0.2) is 4.98 Å². The summed E-state index contributed by atoms with van der Waals surface area (Å²) >= 11 is 0. The minimum atomic E-state index is -0.734. The lowest BCUT2D eigenvalue weighted by Gasteiger charge is -2.72. The first-order valence-corrected chi connectivity index (χ1v) is 20.9. The first kappa shape index (κ1) is 39.7. The molecule has 2 aromatic heterocycles. The van der Waals surface area contributed by atoms with Gasteiger partial charge < -0.3 is 14.3 Å². The molecule has 55 heavy (non-hydrogen) atoms. The minimum absolute atomic E-state index is 0.0335. The Morgan fingerprint density at radius 3 is 2.31 bits per heavy atom. The van der Waals surface area contributed by atoms with Crippen LogP contribution >= 0.6 is 0 Å². The Morgan fingerprint density at radius 2 is 1.69 bits per heavy atom. The fourth-order valence-electron chi connectivity index (χ4n) is 14.0. The summed E-state index contributed by atoms with van der Waals surface area (Å²) in [6.45, 7) is 22.2. The second-order valence-electron chi connectivity index (χ2n) is 20.6. The van der Waals surface area contributed by atoms with Crippen LogP contribution in [0.3, 0.4) is 0 Å². The highest BCUT2D eigenvalue weighted by Gasteiger charge is 2.70. The van der Waals surface area contributed by atoms with Crippen LogP contribution in [0.1, 0.15) is 138 Å². The van der Waals surface area contributed by atoms with Gasteiger partial charge in [-0.3, -0.25) is 19.1 Å². The molecule has 0 amide bonds. The van der Waals surface area contributed by atoms with Gasteiger partial charge in [0.05, 0.1) is 25.4 Å². The molecular formula is C46H65N3O6. The van der Waals surface area contributed by atoms with Crippen molar-refractivity contribution in [1.29, 1.82) is 0 Å². The molecule has 0 saturated heterocycles. The maximum absolute atomic E-state index is 14.4. The number of carbonyl (C=O) groups excluding carboxylic acids is 3. The quantitative estimate of drug-likeness (QED) is 0.196. The van der Waals surface area contributed by atoms with Gasteiger partial charge in [-0.2, -0.15) is 4.68 Å². The molecule has 2 heterocycles. The molecule has 2 aromatic rings. The Hall–Kier alpha value is -3.49. The van der Waals surface area contributed by atoms with E-state index in [0.29, 0.717) is 35.4 Å². The van der Waals surface area contributed by atoms with E-state index in [1.807, 2.05) is 30.8 Å². The smallest absolute Gasteiger partial charge is 0.307 e. The van der Waals surface area contributed by atoms with Crippen LogP contribution in [0.2, 0.25) is 0 Å². The number of ether oxygens (including phenoxy) is 2. The van der Waals surface area contributed by atoms with Crippen LogP contribution in [0.5, 0.6) is 5.75 Å². The first-order valence-electron chi connectivity index (χ1n) is 20.9. The van der Waals surface area contributed by atoms with E-state index < -0.39 is 10.8 Å². The third-order valence-corrected chi connectivity index (χ3v) is 16.7. The Kier molecular flexibility index (Phi) is 9.41. The third kappa shape index (κ3) is 5.54. The summed E-state index contributed by atoms with van der Waals surface area (Å²) in [6.07, 6.45) is 10.7. The summed E-state index contributed by atoms with van der Waals surface area (Å²) in [5.74, 6) is 2.34. The van der Waals surface area contributed by atoms with Crippen LogP contribution in [0.15, 0.2) is 34.3 Å². The molecule has 9 nitrogen and oxygen atoms in total. The van der Waals surface area contributed by atoms with Crippen molar-refractivity contribution in [3.8, 4) is 11.6 Å². The zero-order chi connectivity index (χ0) is 40.3. The van der Waals surface area contributed by atoms with Crippen molar-refractivity contribution >= 4 is 18.0 Å². The fraction of sp³-hybridized carbons (Fsp3) is 0.717. The number of nitrogens with zero attached hydrogens (tertiary/aromatic N) is 3. The van der Waals surface area contributed by atoms with Crippen molar-refractivity contribution < 1.29 is 23.9 Å². The van der Waals surface area contributed by atoms with E-state index in [2.05, 4.69) is 53.5 Å². The normalized spacial score (nSPS) is 35.5. The number of hydrogen-bond donors (Lipinski definition) is 0. The van der Waals surface area contributed by atoms with Crippen molar-refractivity contribution in [3.63, 3.8) is 0 Å². The lowest BCUT2D eigenvalue weighted by molar-refractivity contribution is -0.232. The molecule has 0 aromatic carbocycles. The van der Waals surface area contributed by atoms with Crippen LogP contribution in [0, 0.1) is 57.7 Å². The standard InChI is InChI=1S/C46H65N3O6/c1-27(2)37-31(51)23-46(39-28(3)40(53)49(48(39)11)35-16-13-29(54-12)25-47-35)22-21-44(9)30(38(37)46)14-15-33-43(8)19-18-34(55-36(52)24-41(4,5)26-50)42(6,7)32(43)17-20-45(33,44)10/h13,16,25-27,30,32-34H,14-15,17-24H2,1-12H3/t30?,32?,33?,34?,43?,44-,45?,46?/m1/s1. The number of aldehydes is 1. The number of allylic oxidation sites excluding steroid dienone is 2. The van der Waals surface area contributed by atoms with E-state index in [9.17, 15) is 19.2 Å². The molecule has 0 radical (unpaired) electrons. The molecule has 5 aliphatic carbocycles. The molecule has 0 aliphatic heterocycles. The van der Waals surface area contributed by atoms with Crippen LogP contribution in [-0.4, -0.2) is 45.6 Å². The van der Waals surface area contributed by atoms with Crippen molar-refractivity contribution in [1.82, 2.24) is 14.3 Å². The summed E-state index contributed by atoms with van der Waals surface area (Å²) in [6, 6.07) is 3.65. The predicted octanol–water partition coefficient (Wildman–Crippen LogP) is 8.65. The molecule has 300 valence electrons. The highest BCUT2D eigenvalue weighted by molar-refractivity contribution is 6.02. The summed E-state index contributed by atoms with van der Waals surface area (Å²) in [7, 11) is 3.57. The second kappa shape index (κ2) is 13.0. The van der Waals surface area contributed by atoms with Crippen LogP contribution in [0.4, 0.5) is 0 Å². The first-order chi connectivity index (χ1) is 25.6. The number of hydrogen-bond acceptors (Lipinski definition) is 7. The number of carbonyl (C=O) groups is 3. The highest BCUT2D eigenvalue weighted by atomic mass is 16.5. The Morgan fingerprint density at radius 1 is 0.982 bits per heavy atom. The Labute approximate surface area is 328 Å². The maximum atomic E-state index is 14.4. The highest BCUT2D eigenvalue weighted by Crippen LogP contribution is 2.77. The number of Topliss-reactive ketones (excluding diaryl/α,β-unsaturated/α-hetero) is 1. The number of ketones is 1. The van der Waals surface area contributed by atoms with Crippen LogP contribution in [0.25, 0.3) is 5.82 Å². The van der Waals surface area contributed by atoms with E-state index >= 15 is 0 Å². The maximum Gasteiger partial charge on any atom is 0.307 e. The number of aromatic nitrogens is 3. The van der Waals surface area contributed by atoms with Crippen LogP contribution in [-0.2, 0) is 31.6 Å². The van der Waals surface area contributed by atoms with Gasteiger partial charge in [0, 0.05) is 35.3 Å². The molecule has 7 unspecified atom stereocenters. The monoisotopic (exact) mass is 755 g/mol. The second-order valence-corrected chi connectivity index (χ2v) is 20.6. The van der Waals surface area contributed by atoms with E-state index in [4.69, 9.17) is 9.47 Å². The van der Waals surface area contributed by atoms with Crippen molar-refractivity contribution in [2.24, 2.45) is 57.8 Å². The van der Waals surface area contributed by atoms with Gasteiger partial charge in [-0.05, 0) is 121 Å². The SMILES string of the molecule is COc1ccc(-n2c(=O)c(C)c(C34CC[C@]5(C)C(CCC6C7(C)CCC(OC(=O)CC(C)(C)C=O)C(C)(C)C7CCC65C)C3=C(C(C)C)C(=O)C4)n2C)nc1.